The Kier molecular flexibility index (Phi) is 5.46. The van der Waals surface area contributed by atoms with Gasteiger partial charge in [-0.05, 0) is 74.9 Å². The molecule has 1 fully saturated rings. The van der Waals surface area contributed by atoms with E-state index in [1.807, 2.05) is 58.2 Å². The molecule has 0 aromatic heterocycles. The number of fused-ring (bicyclic) bond motifs is 1. The van der Waals surface area contributed by atoms with Crippen LogP contribution < -0.4 is 10.2 Å². The number of likely N-dealkylation sites (tertiary alicyclic amines) is 1. The Morgan fingerprint density at radius 2 is 1.94 bits per heavy atom. The standard InChI is InChI=1S/C26H28ClN3O2/c1-6-8-23(31)30-14-13-26(16-30,19-9-7-10-21(27)17(19)2)28-18-11-12-20-22(15-18)29(5)24(32)25(20,3)4/h7,9-12,15,28H,13-14,16H2,1-5H3. The summed E-state index contributed by atoms with van der Waals surface area (Å²) in [7, 11) is 1.82. The first kappa shape index (κ1) is 22.2. The third-order valence-corrected chi connectivity index (χ3v) is 7.24. The SMILES string of the molecule is CC#CC(=O)N1CCC(Nc2ccc3c(c2)N(C)C(=O)C3(C)C)(c2cccc(Cl)c2C)C1. The van der Waals surface area contributed by atoms with Crippen molar-refractivity contribution in [2.45, 2.75) is 45.1 Å². The summed E-state index contributed by atoms with van der Waals surface area (Å²) in [4.78, 5) is 28.8. The molecule has 0 bridgehead atoms. The Morgan fingerprint density at radius 3 is 2.66 bits per heavy atom. The molecule has 32 heavy (non-hydrogen) atoms. The van der Waals surface area contributed by atoms with Crippen molar-refractivity contribution in [3.63, 3.8) is 0 Å². The molecule has 166 valence electrons. The van der Waals surface area contributed by atoms with Crippen LogP contribution in [-0.4, -0.2) is 36.9 Å². The summed E-state index contributed by atoms with van der Waals surface area (Å²) >= 11 is 6.47. The molecule has 2 aliphatic heterocycles. The van der Waals surface area contributed by atoms with Gasteiger partial charge >= 0.3 is 0 Å². The zero-order valence-corrected chi connectivity index (χ0v) is 19.9. The van der Waals surface area contributed by atoms with Crippen molar-refractivity contribution in [2.75, 3.05) is 30.4 Å². The van der Waals surface area contributed by atoms with E-state index in [9.17, 15) is 9.59 Å². The van der Waals surface area contributed by atoms with E-state index in [1.165, 1.54) is 0 Å². The fraction of sp³-hybridized carbons (Fsp3) is 0.385. The molecule has 2 aromatic carbocycles. The Balaban J connectivity index is 1.76. The summed E-state index contributed by atoms with van der Waals surface area (Å²) < 4.78 is 0. The van der Waals surface area contributed by atoms with Gasteiger partial charge in [-0.15, -0.1) is 0 Å². The third kappa shape index (κ3) is 3.43. The summed E-state index contributed by atoms with van der Waals surface area (Å²) in [6.45, 7) is 8.68. The minimum atomic E-state index is -0.542. The summed E-state index contributed by atoms with van der Waals surface area (Å²) in [6.07, 6.45) is 0.725. The van der Waals surface area contributed by atoms with Crippen molar-refractivity contribution in [2.24, 2.45) is 0 Å². The van der Waals surface area contributed by atoms with Gasteiger partial charge in [0, 0.05) is 36.5 Å². The van der Waals surface area contributed by atoms with Crippen molar-refractivity contribution in [3.8, 4) is 11.8 Å². The highest BCUT2D eigenvalue weighted by molar-refractivity contribution is 6.31. The van der Waals surface area contributed by atoms with Crippen molar-refractivity contribution in [1.29, 1.82) is 0 Å². The lowest BCUT2D eigenvalue weighted by molar-refractivity contribution is -0.124. The van der Waals surface area contributed by atoms with Crippen LogP contribution in [0, 0.1) is 18.8 Å². The minimum Gasteiger partial charge on any atom is -0.374 e. The Hall–Kier alpha value is -2.97. The van der Waals surface area contributed by atoms with E-state index in [2.05, 4.69) is 23.2 Å². The van der Waals surface area contributed by atoms with E-state index in [0.29, 0.717) is 18.1 Å². The molecular weight excluding hydrogens is 422 g/mol. The predicted molar refractivity (Wildman–Crippen MR) is 129 cm³/mol. The van der Waals surface area contributed by atoms with Gasteiger partial charge in [0.1, 0.15) is 0 Å². The van der Waals surface area contributed by atoms with Gasteiger partial charge in [0.05, 0.1) is 11.0 Å². The number of amides is 2. The maximum absolute atomic E-state index is 12.7. The van der Waals surface area contributed by atoms with Crippen LogP contribution in [0.3, 0.4) is 0 Å². The van der Waals surface area contributed by atoms with Crippen LogP contribution in [0.4, 0.5) is 11.4 Å². The number of nitrogens with zero attached hydrogens (tertiary/aromatic N) is 2. The maximum Gasteiger partial charge on any atom is 0.298 e. The Morgan fingerprint density at radius 1 is 1.19 bits per heavy atom. The van der Waals surface area contributed by atoms with Gasteiger partial charge in [0.25, 0.3) is 5.91 Å². The number of carbonyl (C=O) groups excluding carboxylic acids is 2. The number of rotatable bonds is 3. The number of anilines is 2. The fourth-order valence-electron chi connectivity index (χ4n) is 5.02. The second-order valence-electron chi connectivity index (χ2n) is 9.19. The quantitative estimate of drug-likeness (QED) is 0.703. The predicted octanol–water partition coefficient (Wildman–Crippen LogP) is 4.47. The molecule has 2 aliphatic rings. The van der Waals surface area contributed by atoms with Crippen LogP contribution in [0.5, 0.6) is 0 Å². The van der Waals surface area contributed by atoms with E-state index < -0.39 is 11.0 Å². The molecule has 6 heteroatoms. The Labute approximate surface area is 194 Å². The lowest BCUT2D eigenvalue weighted by Gasteiger charge is -2.34. The minimum absolute atomic E-state index is 0.0841. The van der Waals surface area contributed by atoms with Gasteiger partial charge in [-0.2, -0.15) is 0 Å². The van der Waals surface area contributed by atoms with E-state index in [1.54, 1.807) is 16.7 Å². The number of nitrogens with one attached hydrogen (secondary N) is 1. The highest BCUT2D eigenvalue weighted by Gasteiger charge is 2.44. The average molecular weight is 450 g/mol. The van der Waals surface area contributed by atoms with Crippen LogP contribution in [0.25, 0.3) is 0 Å². The molecule has 5 nitrogen and oxygen atoms in total. The number of likely N-dealkylation sites (N-methyl/N-ethyl adjacent to an activating group) is 1. The first-order valence-electron chi connectivity index (χ1n) is 10.8. The van der Waals surface area contributed by atoms with Crippen LogP contribution in [-0.2, 0) is 20.5 Å². The summed E-state index contributed by atoms with van der Waals surface area (Å²) in [5.74, 6) is 5.28. The van der Waals surface area contributed by atoms with E-state index >= 15 is 0 Å². The second kappa shape index (κ2) is 7.86. The van der Waals surface area contributed by atoms with E-state index in [0.717, 1.165) is 34.5 Å². The zero-order chi connectivity index (χ0) is 23.3. The van der Waals surface area contributed by atoms with Crippen LogP contribution in [0.15, 0.2) is 36.4 Å². The van der Waals surface area contributed by atoms with Gasteiger partial charge < -0.3 is 15.1 Å². The molecule has 0 aliphatic carbocycles. The molecule has 2 heterocycles. The lowest BCUT2D eigenvalue weighted by Crippen LogP contribution is -2.40. The molecule has 0 saturated carbocycles. The highest BCUT2D eigenvalue weighted by Crippen LogP contribution is 2.44. The fourth-order valence-corrected chi connectivity index (χ4v) is 5.19. The first-order chi connectivity index (χ1) is 15.1. The van der Waals surface area contributed by atoms with Gasteiger partial charge in [-0.1, -0.05) is 35.7 Å². The number of halogens is 1. The highest BCUT2D eigenvalue weighted by atomic mass is 35.5. The molecule has 2 amide bonds. The monoisotopic (exact) mass is 449 g/mol. The number of carbonyl (C=O) groups is 2. The second-order valence-corrected chi connectivity index (χ2v) is 9.60. The van der Waals surface area contributed by atoms with Gasteiger partial charge in [-0.3, -0.25) is 9.59 Å². The molecule has 2 aromatic rings. The van der Waals surface area contributed by atoms with Gasteiger partial charge in [-0.25, -0.2) is 0 Å². The molecule has 1 atom stereocenters. The molecule has 1 unspecified atom stereocenters. The van der Waals surface area contributed by atoms with E-state index in [4.69, 9.17) is 11.6 Å². The van der Waals surface area contributed by atoms with Gasteiger partial charge in [0.2, 0.25) is 5.91 Å². The summed E-state index contributed by atoms with van der Waals surface area (Å²) in [5, 5.41) is 4.42. The number of benzene rings is 2. The molecule has 1 N–H and O–H groups in total. The molecule has 1 saturated heterocycles. The largest absolute Gasteiger partial charge is 0.374 e. The van der Waals surface area contributed by atoms with Crippen LogP contribution in [0.1, 0.15) is 43.9 Å². The molecule has 0 spiro atoms. The van der Waals surface area contributed by atoms with Crippen molar-refractivity contribution >= 4 is 34.8 Å². The average Bonchev–Trinajstić information content (AvgIpc) is 3.25. The van der Waals surface area contributed by atoms with E-state index in [-0.39, 0.29) is 11.8 Å². The topological polar surface area (TPSA) is 52.7 Å². The van der Waals surface area contributed by atoms with Crippen molar-refractivity contribution < 1.29 is 9.59 Å². The molecule has 4 rings (SSSR count). The maximum atomic E-state index is 12.7. The van der Waals surface area contributed by atoms with Gasteiger partial charge in [0.15, 0.2) is 0 Å². The third-order valence-electron chi connectivity index (χ3n) is 6.83. The smallest absolute Gasteiger partial charge is 0.298 e. The summed E-state index contributed by atoms with van der Waals surface area (Å²) in [6, 6.07) is 12.0. The van der Waals surface area contributed by atoms with Crippen molar-refractivity contribution in [3.05, 3.63) is 58.1 Å². The molecule has 0 radical (unpaired) electrons. The van der Waals surface area contributed by atoms with Crippen LogP contribution >= 0.6 is 11.6 Å². The number of hydrogen-bond donors (Lipinski definition) is 1. The zero-order valence-electron chi connectivity index (χ0n) is 19.2. The first-order valence-corrected chi connectivity index (χ1v) is 11.2. The molecular formula is C26H28ClN3O2. The number of hydrogen-bond acceptors (Lipinski definition) is 3. The normalized spacial score (nSPS) is 21.2. The van der Waals surface area contributed by atoms with Crippen molar-refractivity contribution in [1.82, 2.24) is 4.90 Å². The Bertz CT molecular complexity index is 1180. The summed E-state index contributed by atoms with van der Waals surface area (Å²) in [5.41, 5.74) is 3.83. The lowest BCUT2D eigenvalue weighted by atomic mass is 9.84. The van der Waals surface area contributed by atoms with Crippen LogP contribution in [0.2, 0.25) is 5.02 Å².